The summed E-state index contributed by atoms with van der Waals surface area (Å²) in [4.78, 5) is 14.2. The number of rotatable bonds is 12. The molecular formula is C17H34N2O2. The zero-order valence-corrected chi connectivity index (χ0v) is 14.3. The van der Waals surface area contributed by atoms with E-state index in [9.17, 15) is 9.90 Å². The molecule has 4 heteroatoms. The number of hydrogen-bond acceptors (Lipinski definition) is 3. The summed E-state index contributed by atoms with van der Waals surface area (Å²) in [6.07, 6.45) is 5.93. The minimum Gasteiger partial charge on any atom is -0.480 e. The van der Waals surface area contributed by atoms with E-state index in [1.807, 2.05) is 6.92 Å². The number of nitrogens with zero attached hydrogens (tertiary/aromatic N) is 1. The summed E-state index contributed by atoms with van der Waals surface area (Å²) in [7, 11) is 0. The standard InChI is InChI=1S/C17H34N2O2/c1-5-11-18-17(6-2,16(20)21)10-7-12-19(13-14(3)4)15-8-9-15/h14-15,18H,5-13H2,1-4H3,(H,20,21). The van der Waals surface area contributed by atoms with E-state index in [2.05, 4.69) is 31.0 Å². The first-order chi connectivity index (χ1) is 9.95. The van der Waals surface area contributed by atoms with E-state index in [-0.39, 0.29) is 0 Å². The summed E-state index contributed by atoms with van der Waals surface area (Å²) < 4.78 is 0. The summed E-state index contributed by atoms with van der Waals surface area (Å²) >= 11 is 0. The normalized spacial score (nSPS) is 18.2. The second-order valence-electron chi connectivity index (χ2n) is 6.89. The molecular weight excluding hydrogens is 264 g/mol. The fourth-order valence-electron chi connectivity index (χ4n) is 3.00. The third-order valence-corrected chi connectivity index (χ3v) is 4.44. The molecule has 21 heavy (non-hydrogen) atoms. The number of carboxylic acids is 1. The van der Waals surface area contributed by atoms with Crippen molar-refractivity contribution in [2.45, 2.75) is 77.8 Å². The largest absolute Gasteiger partial charge is 0.480 e. The van der Waals surface area contributed by atoms with Gasteiger partial charge in [0.1, 0.15) is 5.54 Å². The zero-order chi connectivity index (χ0) is 15.9. The molecule has 4 nitrogen and oxygen atoms in total. The van der Waals surface area contributed by atoms with Crippen molar-refractivity contribution in [3.05, 3.63) is 0 Å². The molecule has 0 heterocycles. The molecule has 0 bridgehead atoms. The van der Waals surface area contributed by atoms with Crippen LogP contribution in [0.15, 0.2) is 0 Å². The van der Waals surface area contributed by atoms with Gasteiger partial charge >= 0.3 is 5.97 Å². The first-order valence-electron chi connectivity index (χ1n) is 8.67. The summed E-state index contributed by atoms with van der Waals surface area (Å²) in [5.74, 6) is -0.0143. The van der Waals surface area contributed by atoms with Crippen LogP contribution in [0, 0.1) is 5.92 Å². The first kappa shape index (κ1) is 18.4. The van der Waals surface area contributed by atoms with Gasteiger partial charge in [0.05, 0.1) is 0 Å². The Hall–Kier alpha value is -0.610. The Bertz CT molecular complexity index is 316. The van der Waals surface area contributed by atoms with Crippen molar-refractivity contribution in [3.63, 3.8) is 0 Å². The molecule has 2 N–H and O–H groups in total. The number of carboxylic acid groups (broad SMARTS) is 1. The van der Waals surface area contributed by atoms with Crippen LogP contribution in [0.3, 0.4) is 0 Å². The molecule has 0 aromatic rings. The van der Waals surface area contributed by atoms with Gasteiger partial charge in [0.15, 0.2) is 0 Å². The molecule has 0 radical (unpaired) electrons. The van der Waals surface area contributed by atoms with Gasteiger partial charge in [0.2, 0.25) is 0 Å². The van der Waals surface area contributed by atoms with Gasteiger partial charge in [0.25, 0.3) is 0 Å². The topological polar surface area (TPSA) is 52.6 Å². The van der Waals surface area contributed by atoms with E-state index in [4.69, 9.17) is 0 Å². The molecule has 0 aromatic heterocycles. The molecule has 0 amide bonds. The maximum atomic E-state index is 11.7. The highest BCUT2D eigenvalue weighted by molar-refractivity contribution is 5.78. The Balaban J connectivity index is 2.49. The number of nitrogens with one attached hydrogen (secondary N) is 1. The fourth-order valence-corrected chi connectivity index (χ4v) is 3.00. The lowest BCUT2D eigenvalue weighted by Crippen LogP contribution is -2.52. The molecule has 124 valence electrons. The molecule has 1 rings (SSSR count). The highest BCUT2D eigenvalue weighted by atomic mass is 16.4. The third kappa shape index (κ3) is 5.95. The van der Waals surface area contributed by atoms with Crippen molar-refractivity contribution in [2.75, 3.05) is 19.6 Å². The van der Waals surface area contributed by atoms with E-state index in [0.717, 1.165) is 44.9 Å². The van der Waals surface area contributed by atoms with Gasteiger partial charge in [-0.25, -0.2) is 0 Å². The third-order valence-electron chi connectivity index (χ3n) is 4.44. The van der Waals surface area contributed by atoms with Crippen molar-refractivity contribution in [3.8, 4) is 0 Å². The molecule has 1 atom stereocenters. The monoisotopic (exact) mass is 298 g/mol. The highest BCUT2D eigenvalue weighted by Gasteiger charge is 2.36. The first-order valence-corrected chi connectivity index (χ1v) is 8.67. The summed E-state index contributed by atoms with van der Waals surface area (Å²) in [5, 5.41) is 12.9. The van der Waals surface area contributed by atoms with Crippen LogP contribution in [-0.2, 0) is 4.79 Å². The van der Waals surface area contributed by atoms with Crippen LogP contribution in [0.5, 0.6) is 0 Å². The van der Waals surface area contributed by atoms with Gasteiger partial charge < -0.3 is 15.3 Å². The van der Waals surface area contributed by atoms with Crippen molar-refractivity contribution < 1.29 is 9.90 Å². The molecule has 0 saturated heterocycles. The average Bonchev–Trinajstić information content (AvgIpc) is 3.25. The van der Waals surface area contributed by atoms with Gasteiger partial charge in [-0.05, 0) is 57.5 Å². The zero-order valence-electron chi connectivity index (χ0n) is 14.3. The van der Waals surface area contributed by atoms with E-state index >= 15 is 0 Å². The maximum Gasteiger partial charge on any atom is 0.323 e. The van der Waals surface area contributed by atoms with Crippen LogP contribution in [-0.4, -0.2) is 47.2 Å². The molecule has 0 aromatic carbocycles. The Morgan fingerprint density at radius 3 is 2.48 bits per heavy atom. The smallest absolute Gasteiger partial charge is 0.323 e. The predicted octanol–water partition coefficient (Wildman–Crippen LogP) is 3.12. The van der Waals surface area contributed by atoms with Crippen LogP contribution in [0.1, 0.15) is 66.2 Å². The highest BCUT2D eigenvalue weighted by Crippen LogP contribution is 2.28. The summed E-state index contributed by atoms with van der Waals surface area (Å²) in [5.41, 5.74) is -0.733. The molecule has 1 fully saturated rings. The summed E-state index contributed by atoms with van der Waals surface area (Å²) in [6, 6.07) is 0.761. The molecule has 1 saturated carbocycles. The van der Waals surface area contributed by atoms with Crippen molar-refractivity contribution in [2.24, 2.45) is 5.92 Å². The minimum atomic E-state index is -0.733. The minimum absolute atomic E-state index is 0.649. The number of carbonyl (C=O) groups is 1. The van der Waals surface area contributed by atoms with E-state index in [1.165, 1.54) is 12.8 Å². The van der Waals surface area contributed by atoms with E-state index in [1.54, 1.807) is 0 Å². The molecule has 1 aliphatic carbocycles. The lowest BCUT2D eigenvalue weighted by atomic mass is 9.90. The van der Waals surface area contributed by atoms with Gasteiger partial charge in [-0.1, -0.05) is 27.7 Å². The van der Waals surface area contributed by atoms with Crippen molar-refractivity contribution >= 4 is 5.97 Å². The van der Waals surface area contributed by atoms with Crippen LogP contribution in [0.4, 0.5) is 0 Å². The Labute approximate surface area is 130 Å². The van der Waals surface area contributed by atoms with Crippen molar-refractivity contribution in [1.82, 2.24) is 10.2 Å². The molecule has 0 aliphatic heterocycles. The Morgan fingerprint density at radius 1 is 1.38 bits per heavy atom. The average molecular weight is 298 g/mol. The Kier molecular flexibility index (Phi) is 7.67. The second kappa shape index (κ2) is 8.74. The molecule has 1 aliphatic rings. The van der Waals surface area contributed by atoms with Crippen molar-refractivity contribution in [1.29, 1.82) is 0 Å². The number of aliphatic carboxylic acids is 1. The van der Waals surface area contributed by atoms with Crippen LogP contribution >= 0.6 is 0 Å². The van der Waals surface area contributed by atoms with Gasteiger partial charge in [-0.2, -0.15) is 0 Å². The van der Waals surface area contributed by atoms with Gasteiger partial charge in [-0.15, -0.1) is 0 Å². The Morgan fingerprint density at radius 2 is 2.05 bits per heavy atom. The SMILES string of the molecule is CCCNC(CC)(CCCN(CC(C)C)C1CC1)C(=O)O. The van der Waals surface area contributed by atoms with E-state index < -0.39 is 11.5 Å². The molecule has 0 spiro atoms. The van der Waals surface area contributed by atoms with Crippen LogP contribution in [0.2, 0.25) is 0 Å². The van der Waals surface area contributed by atoms with Crippen LogP contribution in [0.25, 0.3) is 0 Å². The quantitative estimate of drug-likeness (QED) is 0.581. The molecule has 1 unspecified atom stereocenters. The van der Waals surface area contributed by atoms with Crippen LogP contribution < -0.4 is 5.32 Å². The lowest BCUT2D eigenvalue weighted by Gasteiger charge is -2.31. The second-order valence-corrected chi connectivity index (χ2v) is 6.89. The van der Waals surface area contributed by atoms with E-state index in [0.29, 0.717) is 12.3 Å². The fraction of sp³-hybridized carbons (Fsp3) is 0.941. The predicted molar refractivity (Wildman–Crippen MR) is 87.6 cm³/mol. The van der Waals surface area contributed by atoms with Gasteiger partial charge in [0, 0.05) is 12.6 Å². The van der Waals surface area contributed by atoms with Gasteiger partial charge in [-0.3, -0.25) is 4.79 Å². The summed E-state index contributed by atoms with van der Waals surface area (Å²) in [6.45, 7) is 11.5. The number of hydrogen-bond donors (Lipinski definition) is 2. The lowest BCUT2D eigenvalue weighted by molar-refractivity contribution is -0.145. The maximum absolute atomic E-state index is 11.7.